The molecule has 1 heterocycles. The van der Waals surface area contributed by atoms with E-state index in [4.69, 9.17) is 9.47 Å². The summed E-state index contributed by atoms with van der Waals surface area (Å²) < 4.78 is 10.9. The highest BCUT2D eigenvalue weighted by molar-refractivity contribution is 5.77. The molecule has 1 fully saturated rings. The van der Waals surface area contributed by atoms with Gasteiger partial charge in [0.2, 0.25) is 0 Å². The highest BCUT2D eigenvalue weighted by Gasteiger charge is 2.15. The monoisotopic (exact) mass is 277 g/mol. The van der Waals surface area contributed by atoms with Crippen LogP contribution >= 0.6 is 0 Å². The van der Waals surface area contributed by atoms with E-state index in [1.165, 1.54) is 5.56 Å². The standard InChI is InChI=1S/C16H23NO3/c1-12-4-3-5-15(13(12)2)20-11-16(18)17-8-6-14-7-9-19-10-14/h3-5,14H,6-11H2,1-2H3,(H,17,18). The van der Waals surface area contributed by atoms with Crippen LogP contribution < -0.4 is 10.1 Å². The summed E-state index contributed by atoms with van der Waals surface area (Å²) in [5, 5.41) is 2.89. The molecule has 0 aliphatic carbocycles. The molecule has 1 saturated heterocycles. The summed E-state index contributed by atoms with van der Waals surface area (Å²) in [6.07, 6.45) is 2.09. The first-order valence-corrected chi connectivity index (χ1v) is 7.20. The minimum atomic E-state index is -0.0650. The predicted molar refractivity (Wildman–Crippen MR) is 78.0 cm³/mol. The van der Waals surface area contributed by atoms with Crippen molar-refractivity contribution in [2.45, 2.75) is 26.7 Å². The van der Waals surface area contributed by atoms with Gasteiger partial charge in [-0.15, -0.1) is 0 Å². The van der Waals surface area contributed by atoms with Crippen molar-refractivity contribution in [2.24, 2.45) is 5.92 Å². The van der Waals surface area contributed by atoms with Gasteiger partial charge in [0.05, 0.1) is 0 Å². The summed E-state index contributed by atoms with van der Waals surface area (Å²) in [5.74, 6) is 1.31. The Bertz CT molecular complexity index is 453. The summed E-state index contributed by atoms with van der Waals surface area (Å²) in [5.41, 5.74) is 2.26. The number of carbonyl (C=O) groups is 1. The molecule has 1 N–H and O–H groups in total. The molecule has 1 amide bonds. The molecule has 110 valence electrons. The number of ether oxygens (including phenoxy) is 2. The molecule has 0 spiro atoms. The molecule has 1 aromatic carbocycles. The first-order valence-electron chi connectivity index (χ1n) is 7.20. The minimum Gasteiger partial charge on any atom is -0.483 e. The van der Waals surface area contributed by atoms with Gasteiger partial charge in [-0.1, -0.05) is 12.1 Å². The molecule has 0 bridgehead atoms. The molecule has 1 aliphatic heterocycles. The van der Waals surface area contributed by atoms with Crippen LogP contribution in [0.2, 0.25) is 0 Å². The van der Waals surface area contributed by atoms with E-state index in [1.807, 2.05) is 32.0 Å². The fourth-order valence-corrected chi connectivity index (χ4v) is 2.30. The van der Waals surface area contributed by atoms with Crippen molar-refractivity contribution in [3.05, 3.63) is 29.3 Å². The Kier molecular flexibility index (Phi) is 5.41. The molecule has 4 heteroatoms. The highest BCUT2D eigenvalue weighted by Crippen LogP contribution is 2.20. The van der Waals surface area contributed by atoms with Crippen LogP contribution in [0.15, 0.2) is 18.2 Å². The van der Waals surface area contributed by atoms with E-state index in [2.05, 4.69) is 5.32 Å². The Labute approximate surface area is 120 Å². The van der Waals surface area contributed by atoms with Crippen molar-refractivity contribution in [2.75, 3.05) is 26.4 Å². The molecule has 0 saturated carbocycles. The van der Waals surface area contributed by atoms with Crippen molar-refractivity contribution < 1.29 is 14.3 Å². The van der Waals surface area contributed by atoms with Crippen molar-refractivity contribution in [3.8, 4) is 5.75 Å². The van der Waals surface area contributed by atoms with E-state index in [0.717, 1.165) is 37.4 Å². The van der Waals surface area contributed by atoms with Crippen molar-refractivity contribution in [1.82, 2.24) is 5.32 Å². The third-order valence-corrected chi connectivity index (χ3v) is 3.81. The first kappa shape index (κ1) is 14.9. The highest BCUT2D eigenvalue weighted by atomic mass is 16.5. The summed E-state index contributed by atoms with van der Waals surface area (Å²) in [6, 6.07) is 5.87. The lowest BCUT2D eigenvalue weighted by Gasteiger charge is -2.12. The largest absolute Gasteiger partial charge is 0.483 e. The molecule has 1 aromatic rings. The average molecular weight is 277 g/mol. The maximum absolute atomic E-state index is 11.7. The Morgan fingerprint density at radius 3 is 3.05 bits per heavy atom. The summed E-state index contributed by atoms with van der Waals surface area (Å²) in [6.45, 7) is 6.49. The van der Waals surface area contributed by atoms with Gasteiger partial charge >= 0.3 is 0 Å². The number of hydrogen-bond acceptors (Lipinski definition) is 3. The molecule has 20 heavy (non-hydrogen) atoms. The number of nitrogens with one attached hydrogen (secondary N) is 1. The van der Waals surface area contributed by atoms with Crippen molar-refractivity contribution >= 4 is 5.91 Å². The zero-order valence-corrected chi connectivity index (χ0v) is 12.3. The van der Waals surface area contributed by atoms with Gasteiger partial charge < -0.3 is 14.8 Å². The number of benzene rings is 1. The third kappa shape index (κ3) is 4.23. The van der Waals surface area contributed by atoms with Crippen LogP contribution in [0.4, 0.5) is 0 Å². The van der Waals surface area contributed by atoms with Crippen LogP contribution in [0.1, 0.15) is 24.0 Å². The van der Waals surface area contributed by atoms with Crippen LogP contribution in [-0.4, -0.2) is 32.3 Å². The molecule has 0 aromatic heterocycles. The van der Waals surface area contributed by atoms with E-state index in [0.29, 0.717) is 12.5 Å². The van der Waals surface area contributed by atoms with E-state index >= 15 is 0 Å². The lowest BCUT2D eigenvalue weighted by Crippen LogP contribution is -2.30. The van der Waals surface area contributed by atoms with Crippen LogP contribution in [0.25, 0.3) is 0 Å². The number of rotatable bonds is 6. The summed E-state index contributed by atoms with van der Waals surface area (Å²) in [4.78, 5) is 11.7. The fraction of sp³-hybridized carbons (Fsp3) is 0.562. The van der Waals surface area contributed by atoms with Crippen molar-refractivity contribution in [1.29, 1.82) is 0 Å². The number of carbonyl (C=O) groups excluding carboxylic acids is 1. The maximum atomic E-state index is 11.7. The SMILES string of the molecule is Cc1cccc(OCC(=O)NCCC2CCOC2)c1C. The van der Waals surface area contributed by atoms with E-state index in [9.17, 15) is 4.79 Å². The van der Waals surface area contributed by atoms with Crippen LogP contribution in [0.5, 0.6) is 5.75 Å². The molecule has 4 nitrogen and oxygen atoms in total. The van der Waals surface area contributed by atoms with Gasteiger partial charge in [-0.05, 0) is 49.8 Å². The molecule has 1 atom stereocenters. The number of aryl methyl sites for hydroxylation is 1. The number of hydrogen-bond donors (Lipinski definition) is 1. The first-order chi connectivity index (χ1) is 9.66. The molecule has 0 radical (unpaired) electrons. The smallest absolute Gasteiger partial charge is 0.257 e. The maximum Gasteiger partial charge on any atom is 0.257 e. The van der Waals surface area contributed by atoms with Crippen LogP contribution in [-0.2, 0) is 9.53 Å². The van der Waals surface area contributed by atoms with E-state index in [1.54, 1.807) is 0 Å². The molecule has 1 unspecified atom stereocenters. The van der Waals surface area contributed by atoms with Gasteiger partial charge in [-0.2, -0.15) is 0 Å². The van der Waals surface area contributed by atoms with Gasteiger partial charge in [0.25, 0.3) is 5.91 Å². The van der Waals surface area contributed by atoms with Crippen molar-refractivity contribution in [3.63, 3.8) is 0 Å². The van der Waals surface area contributed by atoms with E-state index in [-0.39, 0.29) is 12.5 Å². The third-order valence-electron chi connectivity index (χ3n) is 3.81. The zero-order chi connectivity index (χ0) is 14.4. The van der Waals surface area contributed by atoms with Crippen LogP contribution in [0, 0.1) is 19.8 Å². The predicted octanol–water partition coefficient (Wildman–Crippen LogP) is 2.23. The summed E-state index contributed by atoms with van der Waals surface area (Å²) in [7, 11) is 0. The Morgan fingerprint density at radius 1 is 1.45 bits per heavy atom. The minimum absolute atomic E-state index is 0.0650. The lowest BCUT2D eigenvalue weighted by molar-refractivity contribution is -0.123. The Hall–Kier alpha value is -1.55. The van der Waals surface area contributed by atoms with Crippen LogP contribution in [0.3, 0.4) is 0 Å². The number of amides is 1. The normalized spacial score (nSPS) is 18.0. The summed E-state index contributed by atoms with van der Waals surface area (Å²) >= 11 is 0. The molecule has 1 aliphatic rings. The Balaban J connectivity index is 1.68. The van der Waals surface area contributed by atoms with Gasteiger partial charge in [-0.25, -0.2) is 0 Å². The quantitative estimate of drug-likeness (QED) is 0.867. The van der Waals surface area contributed by atoms with Gasteiger partial charge in [0, 0.05) is 19.8 Å². The topological polar surface area (TPSA) is 47.6 Å². The molecular formula is C16H23NO3. The lowest BCUT2D eigenvalue weighted by atomic mass is 10.1. The van der Waals surface area contributed by atoms with Gasteiger partial charge in [-0.3, -0.25) is 4.79 Å². The fourth-order valence-electron chi connectivity index (χ4n) is 2.30. The molecule has 2 rings (SSSR count). The van der Waals surface area contributed by atoms with Gasteiger partial charge in [0.15, 0.2) is 6.61 Å². The average Bonchev–Trinajstić information content (AvgIpc) is 2.94. The van der Waals surface area contributed by atoms with Gasteiger partial charge in [0.1, 0.15) is 5.75 Å². The second kappa shape index (κ2) is 7.29. The zero-order valence-electron chi connectivity index (χ0n) is 12.3. The second-order valence-corrected chi connectivity index (χ2v) is 5.35. The second-order valence-electron chi connectivity index (χ2n) is 5.35. The Morgan fingerprint density at radius 2 is 2.30 bits per heavy atom. The van der Waals surface area contributed by atoms with E-state index < -0.39 is 0 Å². The molecular weight excluding hydrogens is 254 g/mol.